The van der Waals surface area contributed by atoms with Crippen molar-refractivity contribution < 1.29 is 14.6 Å². The Morgan fingerprint density at radius 3 is 2.50 bits per heavy atom. The molecule has 0 aliphatic carbocycles. The number of nitrogens with one attached hydrogen (secondary N) is 1. The van der Waals surface area contributed by atoms with Crippen LogP contribution in [0.5, 0.6) is 5.75 Å². The Morgan fingerprint density at radius 2 is 2.00 bits per heavy atom. The van der Waals surface area contributed by atoms with E-state index >= 15 is 0 Å². The lowest BCUT2D eigenvalue weighted by atomic mass is 10.0. The molecule has 1 amide bonds. The fourth-order valence-corrected chi connectivity index (χ4v) is 1.59. The summed E-state index contributed by atoms with van der Waals surface area (Å²) in [6.45, 7) is 7.29. The second kappa shape index (κ2) is 5.40. The molecule has 0 spiro atoms. The summed E-state index contributed by atoms with van der Waals surface area (Å²) >= 11 is 0. The monoisotopic (exact) mass is 251 g/mol. The number of hydrogen-bond donors (Lipinski definition) is 2. The number of benzene rings is 1. The molecule has 0 aromatic heterocycles. The number of amides is 1. The van der Waals surface area contributed by atoms with Crippen LogP contribution in [0.2, 0.25) is 0 Å². The number of carbonyl (C=O) groups is 1. The van der Waals surface area contributed by atoms with E-state index in [-0.39, 0.29) is 11.7 Å². The molecule has 4 nitrogen and oxygen atoms in total. The predicted molar refractivity (Wildman–Crippen MR) is 71.9 cm³/mol. The summed E-state index contributed by atoms with van der Waals surface area (Å²) in [4.78, 5) is 12.1. The number of phenolic OH excluding ortho intramolecular Hbond substituents is 1. The molecule has 1 rings (SSSR count). The Bertz CT molecular complexity index is 451. The number of anilines is 1. The lowest BCUT2D eigenvalue weighted by Crippen LogP contribution is -2.41. The number of ether oxygens (including phenoxy) is 1. The van der Waals surface area contributed by atoms with E-state index in [4.69, 9.17) is 4.74 Å². The number of aromatic hydroxyl groups is 1. The van der Waals surface area contributed by atoms with Gasteiger partial charge in [-0.3, -0.25) is 4.79 Å². The first-order valence-corrected chi connectivity index (χ1v) is 6.01. The van der Waals surface area contributed by atoms with Crippen LogP contribution in [0, 0.1) is 13.8 Å². The molecule has 1 aromatic rings. The van der Waals surface area contributed by atoms with Gasteiger partial charge in [0.05, 0.1) is 0 Å². The number of carbonyl (C=O) groups excluding carboxylic acids is 1. The third kappa shape index (κ3) is 2.82. The molecule has 0 radical (unpaired) electrons. The first-order chi connectivity index (χ1) is 8.34. The molecular formula is C14H21NO3. The van der Waals surface area contributed by atoms with E-state index in [9.17, 15) is 9.90 Å². The van der Waals surface area contributed by atoms with Crippen LogP contribution in [-0.4, -0.2) is 23.7 Å². The predicted octanol–water partition coefficient (Wildman–Crippen LogP) is 2.76. The van der Waals surface area contributed by atoms with Gasteiger partial charge in [-0.05, 0) is 50.5 Å². The number of methoxy groups -OCH3 is 1. The molecule has 0 fully saturated rings. The van der Waals surface area contributed by atoms with Gasteiger partial charge in [-0.2, -0.15) is 0 Å². The fourth-order valence-electron chi connectivity index (χ4n) is 1.59. The highest BCUT2D eigenvalue weighted by Gasteiger charge is 2.31. The Morgan fingerprint density at radius 1 is 1.39 bits per heavy atom. The maximum Gasteiger partial charge on any atom is 0.256 e. The third-order valence-corrected chi connectivity index (χ3v) is 3.40. The van der Waals surface area contributed by atoms with Crippen molar-refractivity contribution in [2.45, 2.75) is 39.7 Å². The van der Waals surface area contributed by atoms with Gasteiger partial charge < -0.3 is 15.2 Å². The van der Waals surface area contributed by atoms with E-state index in [1.807, 2.05) is 13.8 Å². The van der Waals surface area contributed by atoms with Gasteiger partial charge in [0, 0.05) is 12.8 Å². The van der Waals surface area contributed by atoms with Crippen molar-refractivity contribution in [2.75, 3.05) is 12.4 Å². The lowest BCUT2D eigenvalue weighted by Gasteiger charge is -2.25. The molecule has 0 aliphatic rings. The fraction of sp³-hybridized carbons (Fsp3) is 0.500. The zero-order valence-corrected chi connectivity index (χ0v) is 11.6. The van der Waals surface area contributed by atoms with Crippen LogP contribution in [-0.2, 0) is 9.53 Å². The van der Waals surface area contributed by atoms with Crippen LogP contribution in [0.3, 0.4) is 0 Å². The van der Waals surface area contributed by atoms with Gasteiger partial charge in [-0.1, -0.05) is 6.92 Å². The van der Waals surface area contributed by atoms with Crippen molar-refractivity contribution in [1.82, 2.24) is 0 Å². The molecule has 2 N–H and O–H groups in total. The van der Waals surface area contributed by atoms with Crippen molar-refractivity contribution in [3.63, 3.8) is 0 Å². The van der Waals surface area contributed by atoms with Crippen LogP contribution in [0.15, 0.2) is 12.1 Å². The van der Waals surface area contributed by atoms with Gasteiger partial charge in [0.15, 0.2) is 0 Å². The molecule has 18 heavy (non-hydrogen) atoms. The standard InChI is InChI=1S/C14H21NO3/c1-6-14(4,18-5)13(17)15-11-7-10(3)12(16)8-9(11)2/h7-8,16H,6H2,1-5H3,(H,15,17). The van der Waals surface area contributed by atoms with Crippen LogP contribution < -0.4 is 5.32 Å². The summed E-state index contributed by atoms with van der Waals surface area (Å²) in [7, 11) is 1.53. The van der Waals surface area contributed by atoms with Crippen molar-refractivity contribution in [3.05, 3.63) is 23.3 Å². The van der Waals surface area contributed by atoms with E-state index in [2.05, 4.69) is 5.32 Å². The Labute approximate surface area is 108 Å². The maximum absolute atomic E-state index is 12.1. The van der Waals surface area contributed by atoms with Gasteiger partial charge in [-0.25, -0.2) is 0 Å². The smallest absolute Gasteiger partial charge is 0.256 e. The highest BCUT2D eigenvalue weighted by atomic mass is 16.5. The first kappa shape index (κ1) is 14.5. The molecule has 1 aromatic carbocycles. The van der Waals surface area contributed by atoms with E-state index < -0.39 is 5.60 Å². The van der Waals surface area contributed by atoms with Gasteiger partial charge in [0.1, 0.15) is 11.4 Å². The summed E-state index contributed by atoms with van der Waals surface area (Å²) in [5.41, 5.74) is 1.41. The Kier molecular flexibility index (Phi) is 4.35. The zero-order chi connectivity index (χ0) is 13.9. The molecule has 0 saturated carbocycles. The second-order valence-corrected chi connectivity index (χ2v) is 4.70. The highest BCUT2D eigenvalue weighted by Crippen LogP contribution is 2.26. The van der Waals surface area contributed by atoms with Crippen LogP contribution in [0.4, 0.5) is 5.69 Å². The molecular weight excluding hydrogens is 230 g/mol. The molecule has 100 valence electrons. The van der Waals surface area contributed by atoms with Gasteiger partial charge in [-0.15, -0.1) is 0 Å². The number of rotatable bonds is 4. The highest BCUT2D eigenvalue weighted by molar-refractivity contribution is 5.97. The molecule has 1 atom stereocenters. The van der Waals surface area contributed by atoms with E-state index in [1.165, 1.54) is 7.11 Å². The molecule has 0 saturated heterocycles. The summed E-state index contributed by atoms with van der Waals surface area (Å²) < 4.78 is 5.25. The van der Waals surface area contributed by atoms with Gasteiger partial charge in [0.2, 0.25) is 0 Å². The lowest BCUT2D eigenvalue weighted by molar-refractivity contribution is -0.136. The topological polar surface area (TPSA) is 58.6 Å². The second-order valence-electron chi connectivity index (χ2n) is 4.70. The van der Waals surface area contributed by atoms with E-state index in [0.717, 1.165) is 11.1 Å². The molecule has 4 heteroatoms. The SMILES string of the molecule is CCC(C)(OC)C(=O)Nc1cc(C)c(O)cc1C. The van der Waals surface area contributed by atoms with Crippen molar-refractivity contribution in [2.24, 2.45) is 0 Å². The van der Waals surface area contributed by atoms with Gasteiger partial charge >= 0.3 is 0 Å². The van der Waals surface area contributed by atoms with Crippen molar-refractivity contribution in [3.8, 4) is 5.75 Å². The third-order valence-electron chi connectivity index (χ3n) is 3.40. The minimum absolute atomic E-state index is 0.180. The van der Waals surface area contributed by atoms with Crippen LogP contribution in [0.25, 0.3) is 0 Å². The quantitative estimate of drug-likeness (QED) is 0.809. The van der Waals surface area contributed by atoms with E-state index in [1.54, 1.807) is 26.0 Å². The minimum Gasteiger partial charge on any atom is -0.508 e. The number of phenols is 1. The summed E-state index contributed by atoms with van der Waals surface area (Å²) in [6.07, 6.45) is 0.589. The zero-order valence-electron chi connectivity index (χ0n) is 11.6. The van der Waals surface area contributed by atoms with Crippen molar-refractivity contribution >= 4 is 11.6 Å². The molecule has 1 unspecified atom stereocenters. The average Bonchev–Trinajstić information content (AvgIpc) is 2.34. The van der Waals surface area contributed by atoms with Crippen LogP contribution in [0.1, 0.15) is 31.4 Å². The van der Waals surface area contributed by atoms with Crippen molar-refractivity contribution in [1.29, 1.82) is 0 Å². The van der Waals surface area contributed by atoms with E-state index in [0.29, 0.717) is 12.1 Å². The molecule has 0 bridgehead atoms. The summed E-state index contributed by atoms with van der Waals surface area (Å²) in [6, 6.07) is 3.40. The summed E-state index contributed by atoms with van der Waals surface area (Å²) in [5.74, 6) is 0.0520. The maximum atomic E-state index is 12.1. The Balaban J connectivity index is 2.98. The number of aryl methyl sites for hydroxylation is 2. The first-order valence-electron chi connectivity index (χ1n) is 6.01. The Hall–Kier alpha value is -1.55. The minimum atomic E-state index is -0.835. The largest absolute Gasteiger partial charge is 0.508 e. The number of hydrogen-bond acceptors (Lipinski definition) is 3. The molecule has 0 heterocycles. The average molecular weight is 251 g/mol. The molecule has 0 aliphatic heterocycles. The van der Waals surface area contributed by atoms with Crippen LogP contribution >= 0.6 is 0 Å². The van der Waals surface area contributed by atoms with Gasteiger partial charge in [0.25, 0.3) is 5.91 Å². The summed E-state index contributed by atoms with van der Waals surface area (Å²) in [5, 5.41) is 12.4. The normalized spacial score (nSPS) is 14.1.